The van der Waals surface area contributed by atoms with Gasteiger partial charge in [0.05, 0.1) is 25.1 Å². The molecule has 1 aliphatic heterocycles. The normalized spacial score (nSPS) is 17.1. The number of carbonyl (C=O) groups excluding carboxylic acids is 2. The molecule has 0 bridgehead atoms. The zero-order valence-electron chi connectivity index (χ0n) is 14.2. The van der Waals surface area contributed by atoms with Gasteiger partial charge in [0, 0.05) is 20.1 Å². The number of halogens is 1. The minimum Gasteiger partial charge on any atom is -0.494 e. The molecule has 1 unspecified atom stereocenters. The SMILES string of the molecule is COc1cccc(C(=O)N(C)CC(=O)N2CCCC(C(=O)O)C2)c1F. The number of carboxylic acid groups (broad SMARTS) is 1. The van der Waals surface area contributed by atoms with Gasteiger partial charge in [-0.25, -0.2) is 4.39 Å². The first kappa shape index (κ1) is 18.7. The molecular formula is C17H21FN2O5. The fourth-order valence-corrected chi connectivity index (χ4v) is 2.82. The molecule has 8 heteroatoms. The average Bonchev–Trinajstić information content (AvgIpc) is 2.61. The average molecular weight is 352 g/mol. The van der Waals surface area contributed by atoms with E-state index in [1.54, 1.807) is 0 Å². The summed E-state index contributed by atoms with van der Waals surface area (Å²) in [7, 11) is 2.70. The van der Waals surface area contributed by atoms with Crippen molar-refractivity contribution in [3.8, 4) is 5.75 Å². The van der Waals surface area contributed by atoms with Crippen molar-refractivity contribution in [1.29, 1.82) is 0 Å². The van der Waals surface area contributed by atoms with Crippen molar-refractivity contribution < 1.29 is 28.6 Å². The monoisotopic (exact) mass is 352 g/mol. The van der Waals surface area contributed by atoms with Crippen molar-refractivity contribution in [2.45, 2.75) is 12.8 Å². The highest BCUT2D eigenvalue weighted by Crippen LogP contribution is 2.21. The van der Waals surface area contributed by atoms with Crippen LogP contribution in [0, 0.1) is 11.7 Å². The van der Waals surface area contributed by atoms with Crippen LogP contribution in [-0.4, -0.2) is 66.5 Å². The lowest BCUT2D eigenvalue weighted by atomic mass is 9.98. The molecule has 25 heavy (non-hydrogen) atoms. The second-order valence-corrected chi connectivity index (χ2v) is 6.00. The molecule has 136 valence electrons. The summed E-state index contributed by atoms with van der Waals surface area (Å²) >= 11 is 0. The molecule has 1 saturated heterocycles. The molecule has 1 heterocycles. The van der Waals surface area contributed by atoms with E-state index in [1.807, 2.05) is 0 Å². The third kappa shape index (κ3) is 4.26. The number of methoxy groups -OCH3 is 1. The number of piperidine rings is 1. The lowest BCUT2D eigenvalue weighted by Gasteiger charge is -2.32. The molecule has 1 fully saturated rings. The number of carbonyl (C=O) groups is 3. The Morgan fingerprint density at radius 2 is 2.12 bits per heavy atom. The molecule has 0 radical (unpaired) electrons. The van der Waals surface area contributed by atoms with Crippen LogP contribution in [0.25, 0.3) is 0 Å². The summed E-state index contributed by atoms with van der Waals surface area (Å²) in [5.74, 6) is -3.35. The maximum atomic E-state index is 14.2. The third-order valence-electron chi connectivity index (χ3n) is 4.26. The maximum Gasteiger partial charge on any atom is 0.308 e. The van der Waals surface area contributed by atoms with Crippen molar-refractivity contribution in [2.24, 2.45) is 5.92 Å². The number of benzene rings is 1. The summed E-state index contributed by atoms with van der Waals surface area (Å²) in [5.41, 5.74) is -0.184. The maximum absolute atomic E-state index is 14.2. The molecule has 1 aromatic rings. The van der Waals surface area contributed by atoms with E-state index < -0.39 is 23.6 Å². The predicted molar refractivity (Wildman–Crippen MR) is 86.9 cm³/mol. The molecule has 0 saturated carbocycles. The van der Waals surface area contributed by atoms with E-state index >= 15 is 0 Å². The zero-order valence-corrected chi connectivity index (χ0v) is 14.2. The minimum atomic E-state index is -0.930. The Balaban J connectivity index is 2.03. The molecule has 1 aromatic carbocycles. The van der Waals surface area contributed by atoms with E-state index in [2.05, 4.69) is 0 Å². The van der Waals surface area contributed by atoms with Gasteiger partial charge in [0.25, 0.3) is 5.91 Å². The second-order valence-electron chi connectivity index (χ2n) is 6.00. The fourth-order valence-electron chi connectivity index (χ4n) is 2.82. The van der Waals surface area contributed by atoms with Gasteiger partial charge in [-0.1, -0.05) is 6.07 Å². The van der Waals surface area contributed by atoms with Crippen LogP contribution >= 0.6 is 0 Å². The Hall–Kier alpha value is -2.64. The summed E-state index contributed by atoms with van der Waals surface area (Å²) in [6.07, 6.45) is 1.13. The van der Waals surface area contributed by atoms with E-state index in [0.717, 1.165) is 4.90 Å². The number of hydrogen-bond acceptors (Lipinski definition) is 4. The van der Waals surface area contributed by atoms with Crippen molar-refractivity contribution in [2.75, 3.05) is 33.8 Å². The quantitative estimate of drug-likeness (QED) is 0.861. The number of rotatable bonds is 5. The van der Waals surface area contributed by atoms with Gasteiger partial charge in [-0.2, -0.15) is 0 Å². The van der Waals surface area contributed by atoms with Gasteiger partial charge in [-0.05, 0) is 25.0 Å². The van der Waals surface area contributed by atoms with Crippen LogP contribution in [-0.2, 0) is 9.59 Å². The number of aliphatic carboxylic acids is 1. The number of likely N-dealkylation sites (tertiary alicyclic amines) is 1. The first-order chi connectivity index (χ1) is 11.8. The molecular weight excluding hydrogens is 331 g/mol. The topological polar surface area (TPSA) is 87.2 Å². The highest BCUT2D eigenvalue weighted by atomic mass is 19.1. The summed E-state index contributed by atoms with van der Waals surface area (Å²) < 4.78 is 19.0. The van der Waals surface area contributed by atoms with E-state index in [1.165, 1.54) is 37.3 Å². The van der Waals surface area contributed by atoms with Crippen LogP contribution in [0.4, 0.5) is 4.39 Å². The van der Waals surface area contributed by atoms with Gasteiger partial charge in [0.1, 0.15) is 0 Å². The number of amides is 2. The van der Waals surface area contributed by atoms with Crippen LogP contribution in [0.5, 0.6) is 5.75 Å². The standard InChI is InChI=1S/C17H21FN2O5/c1-19(16(22)12-6-3-7-13(25-2)15(12)18)10-14(21)20-8-4-5-11(9-20)17(23)24/h3,6-7,11H,4-5,8-10H2,1-2H3,(H,23,24). The number of carboxylic acids is 1. The zero-order chi connectivity index (χ0) is 18.6. The van der Waals surface area contributed by atoms with Crippen molar-refractivity contribution in [3.63, 3.8) is 0 Å². The van der Waals surface area contributed by atoms with Crippen LogP contribution in [0.1, 0.15) is 23.2 Å². The van der Waals surface area contributed by atoms with E-state index in [-0.39, 0.29) is 30.3 Å². The summed E-state index contributed by atoms with van der Waals surface area (Å²) in [4.78, 5) is 38.4. The molecule has 1 atom stereocenters. The van der Waals surface area contributed by atoms with Gasteiger partial charge in [0.15, 0.2) is 11.6 Å². The molecule has 1 N–H and O–H groups in total. The first-order valence-electron chi connectivity index (χ1n) is 7.93. The van der Waals surface area contributed by atoms with Gasteiger partial charge in [-0.15, -0.1) is 0 Å². The van der Waals surface area contributed by atoms with Gasteiger partial charge < -0.3 is 19.6 Å². The van der Waals surface area contributed by atoms with Crippen LogP contribution < -0.4 is 4.74 Å². The number of likely N-dealkylation sites (N-methyl/N-ethyl adjacent to an activating group) is 1. The highest BCUT2D eigenvalue weighted by Gasteiger charge is 2.29. The van der Waals surface area contributed by atoms with Crippen molar-refractivity contribution >= 4 is 17.8 Å². The largest absolute Gasteiger partial charge is 0.494 e. The number of nitrogens with zero attached hydrogens (tertiary/aromatic N) is 2. The molecule has 0 spiro atoms. The Bertz CT molecular complexity index is 679. The second kappa shape index (κ2) is 7.96. The molecule has 0 aliphatic carbocycles. The predicted octanol–water partition coefficient (Wildman–Crippen LogP) is 1.23. The van der Waals surface area contributed by atoms with E-state index in [9.17, 15) is 18.8 Å². The highest BCUT2D eigenvalue weighted by molar-refractivity contribution is 5.97. The van der Waals surface area contributed by atoms with Crippen molar-refractivity contribution in [3.05, 3.63) is 29.6 Å². The number of ether oxygens (including phenoxy) is 1. The Morgan fingerprint density at radius 1 is 1.40 bits per heavy atom. The van der Waals surface area contributed by atoms with Crippen LogP contribution in [0.15, 0.2) is 18.2 Å². The molecule has 2 rings (SSSR count). The summed E-state index contributed by atoms with van der Waals surface area (Å²) in [5, 5.41) is 9.08. The van der Waals surface area contributed by atoms with Gasteiger partial charge >= 0.3 is 5.97 Å². The van der Waals surface area contributed by atoms with Gasteiger partial charge in [0.2, 0.25) is 5.91 Å². The first-order valence-corrected chi connectivity index (χ1v) is 7.93. The van der Waals surface area contributed by atoms with Gasteiger partial charge in [-0.3, -0.25) is 14.4 Å². The Kier molecular flexibility index (Phi) is 5.95. The fraction of sp³-hybridized carbons (Fsp3) is 0.471. The lowest BCUT2D eigenvalue weighted by Crippen LogP contribution is -2.47. The smallest absolute Gasteiger partial charge is 0.308 e. The lowest BCUT2D eigenvalue weighted by molar-refractivity contribution is -0.145. The molecule has 0 aromatic heterocycles. The summed E-state index contributed by atoms with van der Waals surface area (Å²) in [6, 6.07) is 4.21. The van der Waals surface area contributed by atoms with Crippen molar-refractivity contribution in [1.82, 2.24) is 9.80 Å². The number of hydrogen-bond donors (Lipinski definition) is 1. The molecule has 7 nitrogen and oxygen atoms in total. The Morgan fingerprint density at radius 3 is 2.76 bits per heavy atom. The molecule has 1 aliphatic rings. The third-order valence-corrected chi connectivity index (χ3v) is 4.26. The Labute approximate surface area is 145 Å². The van der Waals surface area contributed by atoms with E-state index in [4.69, 9.17) is 9.84 Å². The van der Waals surface area contributed by atoms with E-state index in [0.29, 0.717) is 19.4 Å². The molecule has 2 amide bonds. The van der Waals surface area contributed by atoms with Crippen LogP contribution in [0.3, 0.4) is 0 Å². The van der Waals surface area contributed by atoms with Crippen LogP contribution in [0.2, 0.25) is 0 Å². The minimum absolute atomic E-state index is 0.0501. The summed E-state index contributed by atoms with van der Waals surface area (Å²) in [6.45, 7) is 0.337.